The Kier molecular flexibility index (Phi) is 4.17. The first-order valence-electron chi connectivity index (χ1n) is 6.97. The van der Waals surface area contributed by atoms with Gasteiger partial charge in [-0.15, -0.1) is 0 Å². The molecule has 4 heteroatoms. The van der Waals surface area contributed by atoms with Crippen molar-refractivity contribution in [2.24, 2.45) is 0 Å². The molecule has 3 rings (SSSR count). The average molecular weight is 349 g/mol. The van der Waals surface area contributed by atoms with Gasteiger partial charge in [0.2, 0.25) is 0 Å². The molecular formula is C17H17BrO3. The summed E-state index contributed by atoms with van der Waals surface area (Å²) in [6, 6.07) is 11.9. The van der Waals surface area contributed by atoms with Gasteiger partial charge in [0.1, 0.15) is 13.2 Å². The fourth-order valence-corrected chi connectivity index (χ4v) is 3.06. The molecule has 1 N–H and O–H groups in total. The maximum absolute atomic E-state index is 10.5. The highest BCUT2D eigenvalue weighted by Gasteiger charge is 2.19. The van der Waals surface area contributed by atoms with E-state index in [4.69, 9.17) is 9.47 Å². The van der Waals surface area contributed by atoms with Crippen LogP contribution in [0.1, 0.15) is 22.8 Å². The van der Waals surface area contributed by atoms with Crippen molar-refractivity contribution in [3.8, 4) is 11.5 Å². The van der Waals surface area contributed by atoms with Crippen LogP contribution >= 0.6 is 15.9 Å². The molecule has 1 unspecified atom stereocenters. The summed E-state index contributed by atoms with van der Waals surface area (Å²) < 4.78 is 12.0. The van der Waals surface area contributed by atoms with Gasteiger partial charge < -0.3 is 14.6 Å². The Balaban J connectivity index is 1.86. The van der Waals surface area contributed by atoms with Gasteiger partial charge in [-0.2, -0.15) is 0 Å². The second-order valence-corrected chi connectivity index (χ2v) is 6.03. The monoisotopic (exact) mass is 348 g/mol. The summed E-state index contributed by atoms with van der Waals surface area (Å²) in [5.74, 6) is 1.41. The van der Waals surface area contributed by atoms with Crippen LogP contribution in [0.3, 0.4) is 0 Å². The maximum Gasteiger partial charge on any atom is 0.175 e. The molecule has 1 aliphatic rings. The molecule has 0 aliphatic carbocycles. The fraction of sp³-hybridized carbons (Fsp3) is 0.294. The van der Waals surface area contributed by atoms with Crippen LogP contribution in [0.2, 0.25) is 0 Å². The Morgan fingerprint density at radius 1 is 1.19 bits per heavy atom. The first-order valence-corrected chi connectivity index (χ1v) is 7.76. The minimum atomic E-state index is -0.571. The molecule has 0 saturated heterocycles. The van der Waals surface area contributed by atoms with Crippen molar-refractivity contribution in [3.05, 3.63) is 57.6 Å². The molecule has 3 nitrogen and oxygen atoms in total. The minimum Gasteiger partial charge on any atom is -0.486 e. The number of aliphatic hydroxyl groups excluding tert-OH is 1. The van der Waals surface area contributed by atoms with E-state index in [2.05, 4.69) is 28.9 Å². The largest absolute Gasteiger partial charge is 0.486 e. The van der Waals surface area contributed by atoms with Gasteiger partial charge in [0.25, 0.3) is 0 Å². The zero-order chi connectivity index (χ0) is 14.8. The van der Waals surface area contributed by atoms with Gasteiger partial charge in [-0.1, -0.05) is 24.3 Å². The van der Waals surface area contributed by atoms with Gasteiger partial charge in [-0.25, -0.2) is 0 Å². The van der Waals surface area contributed by atoms with E-state index >= 15 is 0 Å². The summed E-state index contributed by atoms with van der Waals surface area (Å²) in [7, 11) is 0. The van der Waals surface area contributed by atoms with Crippen LogP contribution in [0, 0.1) is 6.92 Å². The lowest BCUT2D eigenvalue weighted by atomic mass is 9.98. The Morgan fingerprint density at radius 3 is 2.76 bits per heavy atom. The van der Waals surface area contributed by atoms with Crippen molar-refractivity contribution in [2.45, 2.75) is 19.4 Å². The first kappa shape index (κ1) is 14.4. The zero-order valence-electron chi connectivity index (χ0n) is 11.8. The summed E-state index contributed by atoms with van der Waals surface area (Å²) >= 11 is 3.48. The molecule has 0 aromatic heterocycles. The van der Waals surface area contributed by atoms with Crippen molar-refractivity contribution < 1.29 is 14.6 Å². The molecule has 2 aromatic rings. The third-order valence-corrected chi connectivity index (χ3v) is 4.27. The highest BCUT2D eigenvalue weighted by atomic mass is 79.9. The van der Waals surface area contributed by atoms with E-state index in [0.717, 1.165) is 15.6 Å². The van der Waals surface area contributed by atoms with Crippen LogP contribution in [-0.4, -0.2) is 18.3 Å². The standard InChI is InChI=1S/C17H17BrO3/c1-11-4-2-3-5-12(11)9-15(19)13-8-14(18)17-16(10-13)20-6-7-21-17/h2-5,8,10,15,19H,6-7,9H2,1H3. The van der Waals surface area contributed by atoms with E-state index in [1.807, 2.05) is 30.3 Å². The smallest absolute Gasteiger partial charge is 0.175 e. The average Bonchev–Trinajstić information content (AvgIpc) is 2.49. The van der Waals surface area contributed by atoms with Crippen LogP contribution in [0.25, 0.3) is 0 Å². The number of fused-ring (bicyclic) bond motifs is 1. The third-order valence-electron chi connectivity index (χ3n) is 3.68. The van der Waals surface area contributed by atoms with E-state index in [1.54, 1.807) is 0 Å². The summed E-state index contributed by atoms with van der Waals surface area (Å²) in [6.07, 6.45) is 0.0110. The molecule has 1 aliphatic heterocycles. The van der Waals surface area contributed by atoms with Gasteiger partial charge in [0, 0.05) is 6.42 Å². The van der Waals surface area contributed by atoms with Gasteiger partial charge in [-0.3, -0.25) is 0 Å². The SMILES string of the molecule is Cc1ccccc1CC(O)c1cc(Br)c2c(c1)OCCO2. The van der Waals surface area contributed by atoms with E-state index in [9.17, 15) is 5.11 Å². The quantitative estimate of drug-likeness (QED) is 0.916. The molecule has 1 atom stereocenters. The number of hydrogen-bond acceptors (Lipinski definition) is 3. The Morgan fingerprint density at radius 2 is 1.95 bits per heavy atom. The molecule has 21 heavy (non-hydrogen) atoms. The van der Waals surface area contributed by atoms with Gasteiger partial charge >= 0.3 is 0 Å². The van der Waals surface area contributed by atoms with Crippen molar-refractivity contribution in [1.82, 2.24) is 0 Å². The van der Waals surface area contributed by atoms with E-state index in [1.165, 1.54) is 5.56 Å². The number of ether oxygens (including phenoxy) is 2. The summed E-state index contributed by atoms with van der Waals surface area (Å²) in [6.45, 7) is 3.15. The summed E-state index contributed by atoms with van der Waals surface area (Å²) in [4.78, 5) is 0. The molecule has 0 spiro atoms. The lowest BCUT2D eigenvalue weighted by Gasteiger charge is -2.22. The number of rotatable bonds is 3. The van der Waals surface area contributed by atoms with Crippen LogP contribution < -0.4 is 9.47 Å². The van der Waals surface area contributed by atoms with Crippen molar-refractivity contribution in [3.63, 3.8) is 0 Å². The molecule has 2 aromatic carbocycles. The maximum atomic E-state index is 10.5. The Hall–Kier alpha value is -1.52. The normalized spacial score (nSPS) is 14.8. The number of benzene rings is 2. The summed E-state index contributed by atoms with van der Waals surface area (Å²) in [5, 5.41) is 10.5. The molecule has 0 bridgehead atoms. The van der Waals surface area contributed by atoms with Crippen LogP contribution in [0.4, 0.5) is 0 Å². The number of aliphatic hydroxyl groups is 1. The number of halogens is 1. The van der Waals surface area contributed by atoms with Crippen LogP contribution in [0.15, 0.2) is 40.9 Å². The van der Waals surface area contributed by atoms with Gasteiger partial charge in [-0.05, 0) is 51.7 Å². The fourth-order valence-electron chi connectivity index (χ4n) is 2.49. The first-order chi connectivity index (χ1) is 10.1. The number of hydrogen-bond donors (Lipinski definition) is 1. The van der Waals surface area contributed by atoms with Crippen molar-refractivity contribution in [2.75, 3.05) is 13.2 Å². The zero-order valence-corrected chi connectivity index (χ0v) is 13.4. The van der Waals surface area contributed by atoms with Crippen molar-refractivity contribution in [1.29, 1.82) is 0 Å². The Labute approximate surface area is 132 Å². The third kappa shape index (κ3) is 3.06. The molecular weight excluding hydrogens is 332 g/mol. The van der Waals surface area contributed by atoms with E-state index in [0.29, 0.717) is 31.1 Å². The lowest BCUT2D eigenvalue weighted by molar-refractivity contribution is 0.163. The predicted molar refractivity (Wildman–Crippen MR) is 85.0 cm³/mol. The highest BCUT2D eigenvalue weighted by Crippen LogP contribution is 2.40. The molecule has 1 heterocycles. The van der Waals surface area contributed by atoms with E-state index in [-0.39, 0.29) is 0 Å². The van der Waals surface area contributed by atoms with Gasteiger partial charge in [0.15, 0.2) is 11.5 Å². The molecule has 0 radical (unpaired) electrons. The summed E-state index contributed by atoms with van der Waals surface area (Å²) in [5.41, 5.74) is 3.17. The van der Waals surface area contributed by atoms with Gasteiger partial charge in [0.05, 0.1) is 10.6 Å². The minimum absolute atomic E-state index is 0.538. The topological polar surface area (TPSA) is 38.7 Å². The molecule has 0 fully saturated rings. The molecule has 0 amide bonds. The van der Waals surface area contributed by atoms with Crippen molar-refractivity contribution >= 4 is 15.9 Å². The number of aryl methyl sites for hydroxylation is 1. The van der Waals surface area contributed by atoms with Crippen LogP contribution in [-0.2, 0) is 6.42 Å². The lowest BCUT2D eigenvalue weighted by Crippen LogP contribution is -2.16. The second kappa shape index (κ2) is 6.08. The second-order valence-electron chi connectivity index (χ2n) is 5.17. The molecule has 0 saturated carbocycles. The molecule has 110 valence electrons. The Bertz CT molecular complexity index is 654. The van der Waals surface area contributed by atoms with E-state index < -0.39 is 6.10 Å². The predicted octanol–water partition coefficient (Wildman–Crippen LogP) is 3.80. The highest BCUT2D eigenvalue weighted by molar-refractivity contribution is 9.10. The van der Waals surface area contributed by atoms with Crippen LogP contribution in [0.5, 0.6) is 11.5 Å².